The van der Waals surface area contributed by atoms with Gasteiger partial charge in [0, 0.05) is 17.2 Å². The molecule has 1 atom stereocenters. The molecule has 0 spiro atoms. The molecule has 1 heterocycles. The number of hydrogen-bond acceptors (Lipinski definition) is 5. The molecule has 0 N–H and O–H groups in total. The molecule has 1 aliphatic heterocycles. The first-order valence-corrected chi connectivity index (χ1v) is 16.2. The van der Waals surface area contributed by atoms with Crippen LogP contribution in [0.5, 0.6) is 5.75 Å². The van der Waals surface area contributed by atoms with Crippen LogP contribution in [0.15, 0.2) is 41.4 Å². The first-order chi connectivity index (χ1) is 19.3. The Kier molecular flexibility index (Phi) is 10.4. The molecule has 2 aromatic carbocycles. The van der Waals surface area contributed by atoms with Crippen LogP contribution in [0.2, 0.25) is 0 Å². The predicted molar refractivity (Wildman–Crippen MR) is 164 cm³/mol. The third-order valence-electron chi connectivity index (χ3n) is 7.89. The topological polar surface area (TPSA) is 57.1 Å². The van der Waals surface area contributed by atoms with Crippen LogP contribution in [0.25, 0.3) is 0 Å². The molecule has 42 heavy (non-hydrogen) atoms. The van der Waals surface area contributed by atoms with Crippen molar-refractivity contribution in [1.29, 1.82) is 0 Å². The predicted octanol–water partition coefficient (Wildman–Crippen LogP) is 9.35. The SMILES string of the molecule is CC1=NC(CCc2ccc(OCCCc3ccc(C)c(C)c3)c(C(F)(F)F)c2)(COP(=O)(C(C)(C)C)C(C)(C)C)CO1. The maximum atomic E-state index is 14.1. The summed E-state index contributed by atoms with van der Waals surface area (Å²) in [4.78, 5) is 4.68. The Balaban J connectivity index is 1.72. The van der Waals surface area contributed by atoms with Crippen molar-refractivity contribution in [1.82, 2.24) is 0 Å². The summed E-state index contributed by atoms with van der Waals surface area (Å²) in [7, 11) is -3.16. The van der Waals surface area contributed by atoms with Gasteiger partial charge in [0.25, 0.3) is 0 Å². The van der Waals surface area contributed by atoms with Crippen molar-refractivity contribution in [2.24, 2.45) is 4.99 Å². The number of ether oxygens (including phenoxy) is 2. The summed E-state index contributed by atoms with van der Waals surface area (Å²) >= 11 is 0. The molecule has 0 saturated carbocycles. The Bertz CT molecular complexity index is 1310. The van der Waals surface area contributed by atoms with Crippen molar-refractivity contribution < 1.29 is 31.7 Å². The number of nitrogens with zero attached hydrogens (tertiary/aromatic N) is 1. The van der Waals surface area contributed by atoms with Crippen LogP contribution >= 0.6 is 7.37 Å². The van der Waals surface area contributed by atoms with E-state index in [2.05, 4.69) is 17.1 Å². The number of rotatable bonds is 11. The standard InChI is InChI=1S/C33H47F3NO4P/c1-23-12-13-26(19-24(23)2)11-10-18-39-29-15-14-27(20-28(29)33(34,35)36)16-17-32(21-40-25(3)37-32)22-41-42(38,30(4,5)6)31(7,8)9/h12-15,19-20H,10-11,16-18,21-22H2,1-9H3. The molecule has 5 nitrogen and oxygen atoms in total. The monoisotopic (exact) mass is 609 g/mol. The number of aliphatic imine (C=N–C) groups is 1. The van der Waals surface area contributed by atoms with Gasteiger partial charge in [-0.1, -0.05) is 65.8 Å². The number of aryl methyl sites for hydroxylation is 4. The molecule has 2 aromatic rings. The van der Waals surface area contributed by atoms with Crippen LogP contribution in [0.1, 0.15) is 89.1 Å². The number of alkyl halides is 3. The van der Waals surface area contributed by atoms with E-state index in [9.17, 15) is 17.7 Å². The smallest absolute Gasteiger partial charge is 0.419 e. The van der Waals surface area contributed by atoms with E-state index < -0.39 is 35.0 Å². The van der Waals surface area contributed by atoms with Crippen LogP contribution in [0.3, 0.4) is 0 Å². The van der Waals surface area contributed by atoms with Crippen molar-refractivity contribution >= 4 is 13.3 Å². The Morgan fingerprint density at radius 2 is 1.52 bits per heavy atom. The molecule has 1 aliphatic rings. The van der Waals surface area contributed by atoms with Gasteiger partial charge in [-0.3, -0.25) is 4.57 Å². The normalized spacial score (nSPS) is 18.1. The van der Waals surface area contributed by atoms with Crippen molar-refractivity contribution in [3.05, 3.63) is 64.2 Å². The molecular formula is C33H47F3NO4P. The molecule has 0 amide bonds. The average Bonchev–Trinajstić information content (AvgIpc) is 3.25. The first-order valence-electron chi connectivity index (χ1n) is 14.6. The molecule has 0 aliphatic carbocycles. The van der Waals surface area contributed by atoms with E-state index in [1.165, 1.54) is 17.2 Å². The van der Waals surface area contributed by atoms with Crippen LogP contribution in [-0.2, 0) is 32.8 Å². The fourth-order valence-corrected chi connectivity index (χ4v) is 8.60. The molecule has 234 valence electrons. The lowest BCUT2D eigenvalue weighted by Crippen LogP contribution is -2.38. The summed E-state index contributed by atoms with van der Waals surface area (Å²) in [6, 6.07) is 10.4. The lowest BCUT2D eigenvalue weighted by atomic mass is 9.93. The molecule has 0 bridgehead atoms. The minimum absolute atomic E-state index is 0.0595. The van der Waals surface area contributed by atoms with E-state index >= 15 is 0 Å². The zero-order valence-corrected chi connectivity index (χ0v) is 27.5. The summed E-state index contributed by atoms with van der Waals surface area (Å²) in [6.45, 7) is 17.7. The van der Waals surface area contributed by atoms with Crippen LogP contribution in [-0.4, -0.2) is 41.6 Å². The largest absolute Gasteiger partial charge is 0.493 e. The van der Waals surface area contributed by atoms with Crippen molar-refractivity contribution in [3.8, 4) is 5.75 Å². The van der Waals surface area contributed by atoms with Crippen molar-refractivity contribution in [2.45, 2.75) is 110 Å². The maximum absolute atomic E-state index is 14.1. The number of hydrogen-bond donors (Lipinski definition) is 0. The van der Waals surface area contributed by atoms with Gasteiger partial charge in [0.1, 0.15) is 17.9 Å². The van der Waals surface area contributed by atoms with Gasteiger partial charge in [-0.25, -0.2) is 4.99 Å². The highest BCUT2D eigenvalue weighted by molar-refractivity contribution is 7.62. The highest BCUT2D eigenvalue weighted by atomic mass is 31.2. The summed E-state index contributed by atoms with van der Waals surface area (Å²) in [5.74, 6) is 0.319. The molecule has 0 fully saturated rings. The van der Waals surface area contributed by atoms with Crippen molar-refractivity contribution in [3.63, 3.8) is 0 Å². The Labute approximate surface area is 249 Å². The van der Waals surface area contributed by atoms with E-state index in [4.69, 9.17) is 14.0 Å². The van der Waals surface area contributed by atoms with E-state index in [1.807, 2.05) is 61.5 Å². The summed E-state index contributed by atoms with van der Waals surface area (Å²) in [6.07, 6.45) is -2.53. The summed E-state index contributed by atoms with van der Waals surface area (Å²) < 4.78 is 73.8. The van der Waals surface area contributed by atoms with Gasteiger partial charge in [-0.15, -0.1) is 0 Å². The highest BCUT2D eigenvalue weighted by Crippen LogP contribution is 2.67. The fourth-order valence-electron chi connectivity index (χ4n) is 5.39. The first kappa shape index (κ1) is 34.2. The molecule has 0 saturated heterocycles. The van der Waals surface area contributed by atoms with Gasteiger partial charge in [0.15, 0.2) is 5.90 Å². The van der Waals surface area contributed by atoms with E-state index in [0.29, 0.717) is 30.7 Å². The Morgan fingerprint density at radius 1 is 0.905 bits per heavy atom. The minimum atomic E-state index is -4.56. The van der Waals surface area contributed by atoms with Crippen LogP contribution < -0.4 is 4.74 Å². The molecule has 1 unspecified atom stereocenters. The van der Waals surface area contributed by atoms with Crippen LogP contribution in [0.4, 0.5) is 13.2 Å². The lowest BCUT2D eigenvalue weighted by Gasteiger charge is -2.41. The molecule has 9 heteroatoms. The van der Waals surface area contributed by atoms with E-state index in [0.717, 1.165) is 18.1 Å². The van der Waals surface area contributed by atoms with Gasteiger partial charge in [-0.05, 0) is 73.9 Å². The molecule has 0 radical (unpaired) electrons. The van der Waals surface area contributed by atoms with Gasteiger partial charge in [0.2, 0.25) is 7.37 Å². The second kappa shape index (κ2) is 12.7. The molecule has 0 aromatic heterocycles. The van der Waals surface area contributed by atoms with Gasteiger partial charge >= 0.3 is 6.18 Å². The number of benzene rings is 2. The lowest BCUT2D eigenvalue weighted by molar-refractivity contribution is -0.139. The zero-order chi connectivity index (χ0) is 31.6. The zero-order valence-electron chi connectivity index (χ0n) is 26.6. The average molecular weight is 610 g/mol. The van der Waals surface area contributed by atoms with E-state index in [-0.39, 0.29) is 25.6 Å². The minimum Gasteiger partial charge on any atom is -0.493 e. The van der Waals surface area contributed by atoms with Gasteiger partial charge in [-0.2, -0.15) is 13.2 Å². The van der Waals surface area contributed by atoms with E-state index in [1.54, 1.807) is 13.0 Å². The maximum Gasteiger partial charge on any atom is 0.419 e. The second-order valence-corrected chi connectivity index (χ2v) is 17.6. The van der Waals surface area contributed by atoms with Gasteiger partial charge in [0.05, 0.1) is 18.8 Å². The highest BCUT2D eigenvalue weighted by Gasteiger charge is 2.50. The molecule has 3 rings (SSSR count). The number of halogens is 3. The summed E-state index contributed by atoms with van der Waals surface area (Å²) in [5.41, 5.74) is 2.43. The third-order valence-corrected chi connectivity index (χ3v) is 11.9. The Hall–Kier alpha value is -2.31. The quantitative estimate of drug-likeness (QED) is 0.188. The fraction of sp³-hybridized carbons (Fsp3) is 0.606. The van der Waals surface area contributed by atoms with Crippen molar-refractivity contribution in [2.75, 3.05) is 19.8 Å². The van der Waals surface area contributed by atoms with Crippen LogP contribution in [0, 0.1) is 13.8 Å². The third kappa shape index (κ3) is 8.19. The Morgan fingerprint density at radius 3 is 2.07 bits per heavy atom. The van der Waals surface area contributed by atoms with Gasteiger partial charge < -0.3 is 14.0 Å². The molecular weight excluding hydrogens is 562 g/mol. The second-order valence-electron chi connectivity index (χ2n) is 13.5. The summed E-state index contributed by atoms with van der Waals surface area (Å²) in [5, 5.41) is -1.19.